The Balaban J connectivity index is 1.88. The Kier molecular flexibility index (Phi) is 7.52. The van der Waals surface area contributed by atoms with Gasteiger partial charge in [-0.05, 0) is 57.1 Å². The maximum Gasteiger partial charge on any atom is 0.191 e. The van der Waals surface area contributed by atoms with Gasteiger partial charge in [-0.25, -0.2) is 4.99 Å². The van der Waals surface area contributed by atoms with Gasteiger partial charge in [0.1, 0.15) is 5.60 Å². The number of hydrogen-bond acceptors (Lipinski definition) is 4. The summed E-state index contributed by atoms with van der Waals surface area (Å²) in [7, 11) is 0. The molecule has 3 N–H and O–H groups in total. The Bertz CT molecular complexity index is 501. The minimum absolute atomic E-state index is 0.356. The Morgan fingerprint density at radius 1 is 1.46 bits per heavy atom. The van der Waals surface area contributed by atoms with E-state index in [9.17, 15) is 5.11 Å². The van der Waals surface area contributed by atoms with Crippen molar-refractivity contribution < 1.29 is 5.11 Å². The summed E-state index contributed by atoms with van der Waals surface area (Å²) in [6.45, 7) is 11.7. The van der Waals surface area contributed by atoms with Crippen molar-refractivity contribution in [2.45, 2.75) is 39.2 Å². The summed E-state index contributed by atoms with van der Waals surface area (Å²) in [6.07, 6.45) is 2.55. The third-order valence-electron chi connectivity index (χ3n) is 4.55. The highest BCUT2D eigenvalue weighted by atomic mass is 32.1. The molecule has 6 heteroatoms. The van der Waals surface area contributed by atoms with Gasteiger partial charge in [-0.3, -0.25) is 0 Å². The van der Waals surface area contributed by atoms with Crippen LogP contribution in [0, 0.1) is 5.92 Å². The third kappa shape index (κ3) is 5.76. The molecule has 1 aromatic rings. The Morgan fingerprint density at radius 2 is 2.29 bits per heavy atom. The highest BCUT2D eigenvalue weighted by Gasteiger charge is 2.24. The van der Waals surface area contributed by atoms with E-state index in [1.807, 2.05) is 24.4 Å². The molecule has 2 unspecified atom stereocenters. The Hall–Kier alpha value is -1.11. The second-order valence-electron chi connectivity index (χ2n) is 6.73. The molecule has 2 heterocycles. The molecule has 0 bridgehead atoms. The van der Waals surface area contributed by atoms with Crippen LogP contribution in [-0.4, -0.2) is 55.2 Å². The third-order valence-corrected chi connectivity index (χ3v) is 5.67. The van der Waals surface area contributed by atoms with E-state index in [-0.39, 0.29) is 0 Å². The maximum absolute atomic E-state index is 10.6. The first kappa shape index (κ1) is 19.2. The predicted octanol–water partition coefficient (Wildman–Crippen LogP) is 2.24. The van der Waals surface area contributed by atoms with Gasteiger partial charge in [0.2, 0.25) is 0 Å². The van der Waals surface area contributed by atoms with Crippen molar-refractivity contribution in [2.75, 3.05) is 39.3 Å². The van der Waals surface area contributed by atoms with Gasteiger partial charge in [-0.1, -0.05) is 13.0 Å². The van der Waals surface area contributed by atoms with E-state index in [1.165, 1.54) is 19.4 Å². The fourth-order valence-electron chi connectivity index (χ4n) is 3.08. The minimum atomic E-state index is -0.916. The first-order chi connectivity index (χ1) is 11.5. The number of aliphatic hydroxyl groups is 1. The number of aliphatic imine (C=N–C) groups is 1. The van der Waals surface area contributed by atoms with Gasteiger partial charge < -0.3 is 20.6 Å². The van der Waals surface area contributed by atoms with E-state index in [0.717, 1.165) is 37.0 Å². The van der Waals surface area contributed by atoms with E-state index < -0.39 is 5.60 Å². The molecular formula is C18H32N4OS. The molecule has 0 spiro atoms. The van der Waals surface area contributed by atoms with Gasteiger partial charge >= 0.3 is 0 Å². The van der Waals surface area contributed by atoms with Crippen LogP contribution >= 0.6 is 11.3 Å². The molecule has 5 nitrogen and oxygen atoms in total. The maximum atomic E-state index is 10.6. The lowest BCUT2D eigenvalue weighted by molar-refractivity contribution is 0.0711. The molecular weight excluding hydrogens is 320 g/mol. The van der Waals surface area contributed by atoms with Crippen LogP contribution in [-0.2, 0) is 5.60 Å². The zero-order valence-electron chi connectivity index (χ0n) is 15.2. The van der Waals surface area contributed by atoms with Crippen LogP contribution in [0.2, 0.25) is 0 Å². The van der Waals surface area contributed by atoms with E-state index in [1.54, 1.807) is 11.3 Å². The van der Waals surface area contributed by atoms with Crippen molar-refractivity contribution in [1.82, 2.24) is 15.5 Å². The standard InChI is InChI=1S/C18H32N4OS/c1-4-19-17(20-12-15-8-6-10-22(5-2)13-15)21-14-18(3,23)16-9-7-11-24-16/h7,9,11,15,23H,4-6,8,10,12-14H2,1-3H3,(H2,19,20,21). The van der Waals surface area contributed by atoms with Crippen LogP contribution in [0.1, 0.15) is 38.5 Å². The van der Waals surface area contributed by atoms with Crippen molar-refractivity contribution >= 4 is 17.3 Å². The van der Waals surface area contributed by atoms with Gasteiger partial charge in [0.05, 0.1) is 6.54 Å². The summed E-state index contributed by atoms with van der Waals surface area (Å²) in [4.78, 5) is 8.07. The number of nitrogens with zero attached hydrogens (tertiary/aromatic N) is 2. The molecule has 1 aliphatic rings. The fourth-order valence-corrected chi connectivity index (χ4v) is 3.86. The SMILES string of the molecule is CCNC(=NCC(C)(O)c1cccs1)NCC1CCCN(CC)C1. The molecule has 0 aliphatic carbocycles. The van der Waals surface area contributed by atoms with Gasteiger partial charge in [0.25, 0.3) is 0 Å². The number of piperidine rings is 1. The normalized spacial score (nSPS) is 22.2. The molecule has 24 heavy (non-hydrogen) atoms. The molecule has 136 valence electrons. The topological polar surface area (TPSA) is 59.9 Å². The van der Waals surface area contributed by atoms with Crippen molar-refractivity contribution in [1.29, 1.82) is 0 Å². The molecule has 0 radical (unpaired) electrons. The number of hydrogen-bond donors (Lipinski definition) is 3. The van der Waals surface area contributed by atoms with Crippen molar-refractivity contribution in [2.24, 2.45) is 10.9 Å². The second-order valence-corrected chi connectivity index (χ2v) is 7.68. The highest BCUT2D eigenvalue weighted by molar-refractivity contribution is 7.10. The average molecular weight is 353 g/mol. The van der Waals surface area contributed by atoms with Crippen molar-refractivity contribution in [3.63, 3.8) is 0 Å². The Morgan fingerprint density at radius 3 is 2.96 bits per heavy atom. The van der Waals surface area contributed by atoms with Gasteiger partial charge in [0, 0.05) is 24.5 Å². The molecule has 1 aliphatic heterocycles. The number of nitrogens with one attached hydrogen (secondary N) is 2. The zero-order chi connectivity index (χ0) is 17.4. The van der Waals surface area contributed by atoms with Crippen LogP contribution in [0.3, 0.4) is 0 Å². The van der Waals surface area contributed by atoms with E-state index in [0.29, 0.717) is 12.5 Å². The molecule has 2 atom stereocenters. The number of guanidine groups is 1. The number of thiophene rings is 1. The largest absolute Gasteiger partial charge is 0.383 e. The van der Waals surface area contributed by atoms with Crippen LogP contribution in [0.5, 0.6) is 0 Å². The summed E-state index contributed by atoms with van der Waals surface area (Å²) >= 11 is 1.57. The minimum Gasteiger partial charge on any atom is -0.383 e. The van der Waals surface area contributed by atoms with Crippen LogP contribution in [0.15, 0.2) is 22.5 Å². The predicted molar refractivity (Wildman–Crippen MR) is 103 cm³/mol. The highest BCUT2D eigenvalue weighted by Crippen LogP contribution is 2.25. The number of rotatable bonds is 7. The lowest BCUT2D eigenvalue weighted by Gasteiger charge is -2.32. The summed E-state index contributed by atoms with van der Waals surface area (Å²) in [6, 6.07) is 3.92. The molecule has 2 rings (SSSR count). The molecule has 0 aromatic carbocycles. The van der Waals surface area contributed by atoms with Crippen molar-refractivity contribution in [3.05, 3.63) is 22.4 Å². The molecule has 0 amide bonds. The van der Waals surface area contributed by atoms with E-state index >= 15 is 0 Å². The second kappa shape index (κ2) is 9.39. The number of likely N-dealkylation sites (tertiary alicyclic amines) is 1. The van der Waals surface area contributed by atoms with Crippen LogP contribution in [0.4, 0.5) is 0 Å². The summed E-state index contributed by atoms with van der Waals surface area (Å²) in [5.74, 6) is 1.46. The summed E-state index contributed by atoms with van der Waals surface area (Å²) in [5, 5.41) is 19.3. The molecule has 1 fully saturated rings. The summed E-state index contributed by atoms with van der Waals surface area (Å²) in [5.41, 5.74) is -0.916. The zero-order valence-corrected chi connectivity index (χ0v) is 16.0. The van der Waals surface area contributed by atoms with E-state index in [2.05, 4.69) is 34.4 Å². The van der Waals surface area contributed by atoms with Crippen LogP contribution in [0.25, 0.3) is 0 Å². The van der Waals surface area contributed by atoms with Gasteiger partial charge in [-0.15, -0.1) is 11.3 Å². The Labute approximate surface area is 150 Å². The monoisotopic (exact) mass is 352 g/mol. The van der Waals surface area contributed by atoms with Crippen LogP contribution < -0.4 is 10.6 Å². The average Bonchev–Trinajstić information content (AvgIpc) is 3.13. The first-order valence-electron chi connectivity index (χ1n) is 9.06. The van der Waals surface area contributed by atoms with Crippen molar-refractivity contribution in [3.8, 4) is 0 Å². The smallest absolute Gasteiger partial charge is 0.191 e. The summed E-state index contributed by atoms with van der Waals surface area (Å²) < 4.78 is 0. The first-order valence-corrected chi connectivity index (χ1v) is 9.94. The fraction of sp³-hybridized carbons (Fsp3) is 0.722. The molecule has 0 saturated carbocycles. The molecule has 1 aromatic heterocycles. The van der Waals surface area contributed by atoms with E-state index in [4.69, 9.17) is 0 Å². The lowest BCUT2D eigenvalue weighted by atomic mass is 9.98. The quantitative estimate of drug-likeness (QED) is 0.520. The van der Waals surface area contributed by atoms with Gasteiger partial charge in [0.15, 0.2) is 5.96 Å². The van der Waals surface area contributed by atoms with Gasteiger partial charge in [-0.2, -0.15) is 0 Å². The molecule has 1 saturated heterocycles. The lowest BCUT2D eigenvalue weighted by Crippen LogP contribution is -2.44.